The van der Waals surface area contributed by atoms with Crippen molar-refractivity contribution in [2.75, 3.05) is 17.7 Å². The van der Waals surface area contributed by atoms with Crippen LogP contribution in [0.3, 0.4) is 0 Å². The summed E-state index contributed by atoms with van der Waals surface area (Å²) in [6, 6.07) is 25.9. The minimum absolute atomic E-state index is 0.0156. The van der Waals surface area contributed by atoms with Crippen LogP contribution < -0.4 is 20.7 Å². The first-order valence-electron chi connectivity index (χ1n) is 14.8. The van der Waals surface area contributed by atoms with E-state index in [9.17, 15) is 23.9 Å². The van der Waals surface area contributed by atoms with E-state index >= 15 is 0 Å². The van der Waals surface area contributed by atoms with Crippen molar-refractivity contribution in [3.63, 3.8) is 0 Å². The summed E-state index contributed by atoms with van der Waals surface area (Å²) in [4.78, 5) is 45.0. The number of benzene rings is 4. The van der Waals surface area contributed by atoms with Gasteiger partial charge in [-0.05, 0) is 79.2 Å². The van der Waals surface area contributed by atoms with E-state index in [0.29, 0.717) is 39.8 Å². The highest BCUT2D eigenvalue weighted by molar-refractivity contribution is 8.00. The number of hydrogen-bond acceptors (Lipinski definition) is 8. The van der Waals surface area contributed by atoms with E-state index in [1.165, 1.54) is 60.5 Å². The average Bonchev–Trinajstić information content (AvgIpc) is 3.56. The Morgan fingerprint density at radius 3 is 2.48 bits per heavy atom. The fourth-order valence-corrected chi connectivity index (χ4v) is 6.26. The quantitative estimate of drug-likeness (QED) is 0.0789. The second-order valence-electron chi connectivity index (χ2n) is 10.3. The van der Waals surface area contributed by atoms with Crippen LogP contribution in [0.15, 0.2) is 113 Å². The van der Waals surface area contributed by atoms with Gasteiger partial charge < -0.3 is 25.8 Å². The molecule has 5 rings (SSSR count). The van der Waals surface area contributed by atoms with Crippen molar-refractivity contribution in [1.29, 1.82) is 0 Å². The number of nitrogens with zero attached hydrogens (tertiary/aromatic N) is 1. The summed E-state index contributed by atoms with van der Waals surface area (Å²) in [6.07, 6.45) is 1.99. The Bertz CT molecular complexity index is 1950. The molecule has 244 valence electrons. The molecule has 1 atom stereocenters. The number of thioether (sulfide) groups is 1. The Labute approximate surface area is 284 Å². The molecule has 12 heteroatoms. The van der Waals surface area contributed by atoms with Gasteiger partial charge in [0.15, 0.2) is 5.13 Å². The smallest absolute Gasteiger partial charge is 0.272 e. The van der Waals surface area contributed by atoms with Crippen molar-refractivity contribution in [1.82, 2.24) is 10.3 Å². The van der Waals surface area contributed by atoms with Crippen LogP contribution in [0, 0.1) is 5.82 Å². The summed E-state index contributed by atoms with van der Waals surface area (Å²) in [6.45, 7) is 1.90. The maximum atomic E-state index is 13.6. The lowest BCUT2D eigenvalue weighted by Gasteiger charge is -2.15. The molecule has 5 aromatic rings. The van der Waals surface area contributed by atoms with E-state index in [1.807, 2.05) is 13.0 Å². The Hall–Kier alpha value is -5.46. The molecule has 0 fully saturated rings. The summed E-state index contributed by atoms with van der Waals surface area (Å²) in [5, 5.41) is 20.0. The van der Waals surface area contributed by atoms with E-state index in [0.717, 1.165) is 10.5 Å². The molecule has 0 radical (unpaired) electrons. The summed E-state index contributed by atoms with van der Waals surface area (Å²) < 4.78 is 18.7. The monoisotopic (exact) mass is 682 g/mol. The first kappa shape index (κ1) is 33.9. The van der Waals surface area contributed by atoms with Crippen LogP contribution in [0.1, 0.15) is 29.3 Å². The van der Waals surface area contributed by atoms with Gasteiger partial charge in [0.05, 0.1) is 18.1 Å². The average molecular weight is 683 g/mol. The number of carbonyl (C=O) groups excluding carboxylic acids is 3. The molecule has 1 heterocycles. The Balaban J connectivity index is 1.30. The van der Waals surface area contributed by atoms with Crippen LogP contribution in [-0.2, 0) is 9.59 Å². The Kier molecular flexibility index (Phi) is 11.2. The lowest BCUT2D eigenvalue weighted by Crippen LogP contribution is -2.30. The molecule has 4 N–H and O–H groups in total. The number of anilines is 2. The highest BCUT2D eigenvalue weighted by Crippen LogP contribution is 2.31. The van der Waals surface area contributed by atoms with Crippen molar-refractivity contribution >= 4 is 57.7 Å². The van der Waals surface area contributed by atoms with Gasteiger partial charge in [-0.1, -0.05) is 31.2 Å². The molecule has 0 aliphatic heterocycles. The second-order valence-corrected chi connectivity index (χ2v) is 12.5. The van der Waals surface area contributed by atoms with Gasteiger partial charge in [-0.25, -0.2) is 9.37 Å². The van der Waals surface area contributed by atoms with Crippen molar-refractivity contribution in [2.45, 2.75) is 23.5 Å². The molecule has 48 heavy (non-hydrogen) atoms. The largest absolute Gasteiger partial charge is 0.508 e. The molecular formula is C36H31FN4O5S2. The third-order valence-corrected chi connectivity index (χ3v) is 9.07. The molecule has 0 saturated heterocycles. The number of ether oxygens (including phenoxy) is 1. The van der Waals surface area contributed by atoms with E-state index < -0.39 is 17.1 Å². The predicted molar refractivity (Wildman–Crippen MR) is 188 cm³/mol. The standard InChI is InChI=1S/C36H31FN4O5S2/c1-3-32(35(45)41-36-40-30(21-47-36)22-12-15-25(37)16-13-22)48-28-11-7-10-26(19-28)38-34(44)29(39-33(43)23-8-5-4-6-9-23)18-24-14-17-27(42)20-31(24)46-2/h4-21,32,42H,3H2,1-2H3,(H,38,44)(H,39,43)(H,40,41,45)/b29-18+. The number of phenols is 1. The topological polar surface area (TPSA) is 130 Å². The van der Waals surface area contributed by atoms with Crippen molar-refractivity contribution in [3.05, 3.63) is 125 Å². The summed E-state index contributed by atoms with van der Waals surface area (Å²) in [7, 11) is 1.43. The summed E-state index contributed by atoms with van der Waals surface area (Å²) in [5.74, 6) is -1.36. The highest BCUT2D eigenvalue weighted by Gasteiger charge is 2.21. The van der Waals surface area contributed by atoms with Crippen molar-refractivity contribution < 1.29 is 28.6 Å². The van der Waals surface area contributed by atoms with Crippen molar-refractivity contribution in [2.24, 2.45) is 0 Å². The molecule has 0 saturated carbocycles. The molecule has 0 bridgehead atoms. The van der Waals surface area contributed by atoms with Gasteiger partial charge in [0.2, 0.25) is 5.91 Å². The van der Waals surface area contributed by atoms with E-state index in [4.69, 9.17) is 4.74 Å². The van der Waals surface area contributed by atoms with Crippen LogP contribution in [0.5, 0.6) is 11.5 Å². The molecule has 9 nitrogen and oxygen atoms in total. The van der Waals surface area contributed by atoms with E-state index in [2.05, 4.69) is 20.9 Å². The van der Waals surface area contributed by atoms with Gasteiger partial charge in [-0.2, -0.15) is 0 Å². The van der Waals surface area contributed by atoms with Crippen LogP contribution in [-0.4, -0.2) is 40.2 Å². The molecule has 0 spiro atoms. The SMILES string of the molecule is CCC(Sc1cccc(NC(=O)/C(=C\c2ccc(O)cc2OC)NC(=O)c2ccccc2)c1)C(=O)Nc1nc(-c2ccc(F)cc2)cs1. The maximum Gasteiger partial charge on any atom is 0.272 e. The molecule has 0 aliphatic carbocycles. The number of carbonyl (C=O) groups is 3. The number of aromatic hydroxyl groups is 1. The van der Waals surface area contributed by atoms with Gasteiger partial charge in [-0.3, -0.25) is 14.4 Å². The lowest BCUT2D eigenvalue weighted by atomic mass is 10.1. The number of amides is 3. The third kappa shape index (κ3) is 8.87. The molecule has 1 aromatic heterocycles. The minimum Gasteiger partial charge on any atom is -0.508 e. The highest BCUT2D eigenvalue weighted by atomic mass is 32.2. The van der Waals surface area contributed by atoms with Gasteiger partial charge in [0, 0.05) is 38.7 Å². The number of rotatable bonds is 12. The fraction of sp³-hybridized carbons (Fsp3) is 0.111. The first-order valence-corrected chi connectivity index (χ1v) is 16.5. The van der Waals surface area contributed by atoms with Gasteiger partial charge in [-0.15, -0.1) is 23.1 Å². The maximum absolute atomic E-state index is 13.6. The second kappa shape index (κ2) is 15.9. The van der Waals surface area contributed by atoms with Crippen LogP contribution in [0.2, 0.25) is 0 Å². The number of halogens is 1. The number of thiazole rings is 1. The number of phenolic OH excluding ortho intramolecular Hbond substituents is 1. The molecule has 3 amide bonds. The number of hydrogen-bond donors (Lipinski definition) is 4. The molecule has 4 aromatic carbocycles. The van der Waals surface area contributed by atoms with E-state index in [1.54, 1.807) is 72.1 Å². The fourth-order valence-electron chi connectivity index (χ4n) is 4.52. The number of methoxy groups -OCH3 is 1. The minimum atomic E-state index is -0.595. The third-order valence-electron chi connectivity index (χ3n) is 6.95. The Morgan fingerprint density at radius 1 is 0.979 bits per heavy atom. The normalized spacial score (nSPS) is 11.8. The van der Waals surface area contributed by atoms with Crippen LogP contribution in [0.25, 0.3) is 17.3 Å². The van der Waals surface area contributed by atoms with Gasteiger partial charge in [0.25, 0.3) is 11.8 Å². The lowest BCUT2D eigenvalue weighted by molar-refractivity contribution is -0.116. The first-order chi connectivity index (χ1) is 23.2. The zero-order chi connectivity index (χ0) is 34.0. The predicted octanol–water partition coefficient (Wildman–Crippen LogP) is 7.58. The number of aromatic nitrogens is 1. The zero-order valence-electron chi connectivity index (χ0n) is 25.9. The van der Waals surface area contributed by atoms with Gasteiger partial charge >= 0.3 is 0 Å². The van der Waals surface area contributed by atoms with Crippen LogP contribution >= 0.6 is 23.1 Å². The summed E-state index contributed by atoms with van der Waals surface area (Å²) >= 11 is 2.61. The van der Waals surface area contributed by atoms with Gasteiger partial charge in [0.1, 0.15) is 23.0 Å². The zero-order valence-corrected chi connectivity index (χ0v) is 27.5. The molecular weight excluding hydrogens is 652 g/mol. The molecule has 0 aliphatic rings. The summed E-state index contributed by atoms with van der Waals surface area (Å²) in [5.41, 5.74) is 2.59. The van der Waals surface area contributed by atoms with Crippen LogP contribution in [0.4, 0.5) is 15.2 Å². The number of nitrogens with one attached hydrogen (secondary N) is 3. The van der Waals surface area contributed by atoms with Crippen molar-refractivity contribution in [3.8, 4) is 22.8 Å². The Morgan fingerprint density at radius 2 is 1.75 bits per heavy atom. The molecule has 1 unspecified atom stereocenters. The van der Waals surface area contributed by atoms with E-state index in [-0.39, 0.29) is 23.2 Å².